The molecule has 19 heavy (non-hydrogen) atoms. The molecule has 1 aliphatic rings. The molecule has 5 nitrogen and oxygen atoms in total. The molecule has 1 unspecified atom stereocenters. The van der Waals surface area contributed by atoms with Crippen molar-refractivity contribution in [2.75, 3.05) is 0 Å². The van der Waals surface area contributed by atoms with Crippen LogP contribution in [0, 0.1) is 0 Å². The summed E-state index contributed by atoms with van der Waals surface area (Å²) < 4.78 is 3.92. The molecule has 0 amide bonds. The summed E-state index contributed by atoms with van der Waals surface area (Å²) in [5.41, 5.74) is 1.86. The maximum atomic E-state index is 9.48. The number of aromatic nitrogens is 4. The summed E-state index contributed by atoms with van der Waals surface area (Å²) in [4.78, 5) is 0. The van der Waals surface area contributed by atoms with Crippen molar-refractivity contribution in [3.8, 4) is 0 Å². The fraction of sp³-hybridized carbons (Fsp3) is 0.571. The molecule has 0 spiro atoms. The molecule has 1 fully saturated rings. The number of nitrogens with zero attached hydrogens (tertiary/aromatic N) is 4. The van der Waals surface area contributed by atoms with Gasteiger partial charge in [-0.05, 0) is 25.8 Å². The zero-order valence-electron chi connectivity index (χ0n) is 11.2. The van der Waals surface area contributed by atoms with Crippen LogP contribution in [0.5, 0.6) is 0 Å². The van der Waals surface area contributed by atoms with Crippen molar-refractivity contribution >= 4 is 0 Å². The number of hydrogen-bond donors (Lipinski definition) is 1. The molecule has 0 saturated heterocycles. The maximum absolute atomic E-state index is 9.48. The van der Waals surface area contributed by atoms with Crippen LogP contribution < -0.4 is 0 Å². The fourth-order valence-electron chi connectivity index (χ4n) is 2.68. The highest BCUT2D eigenvalue weighted by Crippen LogP contribution is 2.28. The van der Waals surface area contributed by atoms with Gasteiger partial charge in [-0.2, -0.15) is 10.2 Å². The summed E-state index contributed by atoms with van der Waals surface area (Å²) >= 11 is 0. The van der Waals surface area contributed by atoms with Crippen molar-refractivity contribution in [3.05, 3.63) is 35.9 Å². The SMILES string of the molecule is CC(O)c1cnn(Cc2ccn(C3CCCC3)n2)c1. The van der Waals surface area contributed by atoms with Gasteiger partial charge in [-0.25, -0.2) is 0 Å². The molecule has 0 bridgehead atoms. The van der Waals surface area contributed by atoms with Gasteiger partial charge in [0, 0.05) is 18.0 Å². The molecule has 0 aromatic carbocycles. The summed E-state index contributed by atoms with van der Waals surface area (Å²) in [5.74, 6) is 0. The number of hydrogen-bond acceptors (Lipinski definition) is 3. The van der Waals surface area contributed by atoms with E-state index in [0.29, 0.717) is 12.6 Å². The molecule has 0 aliphatic heterocycles. The monoisotopic (exact) mass is 260 g/mol. The van der Waals surface area contributed by atoms with Gasteiger partial charge < -0.3 is 5.11 Å². The third-order valence-electron chi connectivity index (χ3n) is 3.82. The van der Waals surface area contributed by atoms with Crippen LogP contribution in [0.2, 0.25) is 0 Å². The lowest BCUT2D eigenvalue weighted by Gasteiger charge is -2.08. The van der Waals surface area contributed by atoms with Crippen molar-refractivity contribution in [2.45, 2.75) is 51.3 Å². The van der Waals surface area contributed by atoms with Crippen LogP contribution in [-0.2, 0) is 6.54 Å². The first kappa shape index (κ1) is 12.4. The van der Waals surface area contributed by atoms with Crippen LogP contribution in [0.15, 0.2) is 24.7 Å². The molecule has 2 aromatic heterocycles. The largest absolute Gasteiger partial charge is 0.389 e. The van der Waals surface area contributed by atoms with Gasteiger partial charge >= 0.3 is 0 Å². The molecule has 1 atom stereocenters. The normalized spacial score (nSPS) is 18.0. The summed E-state index contributed by atoms with van der Waals surface area (Å²) in [6.45, 7) is 2.41. The maximum Gasteiger partial charge on any atom is 0.0849 e. The Balaban J connectivity index is 1.68. The van der Waals surface area contributed by atoms with E-state index in [4.69, 9.17) is 0 Å². The van der Waals surface area contributed by atoms with Crippen molar-refractivity contribution in [1.29, 1.82) is 0 Å². The van der Waals surface area contributed by atoms with E-state index in [1.54, 1.807) is 13.1 Å². The average Bonchev–Trinajstić information content (AvgIpc) is 3.09. The van der Waals surface area contributed by atoms with Crippen LogP contribution >= 0.6 is 0 Å². The fourth-order valence-corrected chi connectivity index (χ4v) is 2.68. The molecular weight excluding hydrogens is 240 g/mol. The Bertz CT molecular complexity index is 537. The Morgan fingerprint density at radius 1 is 1.42 bits per heavy atom. The Labute approximate surface area is 112 Å². The molecule has 1 saturated carbocycles. The Morgan fingerprint density at radius 3 is 2.89 bits per heavy atom. The molecular formula is C14H20N4O. The van der Waals surface area contributed by atoms with E-state index in [1.165, 1.54) is 25.7 Å². The Kier molecular flexibility index (Phi) is 3.38. The first-order valence-corrected chi connectivity index (χ1v) is 6.97. The van der Waals surface area contributed by atoms with Gasteiger partial charge in [0.1, 0.15) is 0 Å². The van der Waals surface area contributed by atoms with Crippen LogP contribution in [0.4, 0.5) is 0 Å². The minimum Gasteiger partial charge on any atom is -0.389 e. The first-order chi connectivity index (χ1) is 9.22. The van der Waals surface area contributed by atoms with Crippen LogP contribution in [0.1, 0.15) is 56.0 Å². The molecule has 1 aliphatic carbocycles. The average molecular weight is 260 g/mol. The minimum atomic E-state index is -0.468. The van der Waals surface area contributed by atoms with E-state index >= 15 is 0 Å². The van der Waals surface area contributed by atoms with E-state index in [2.05, 4.69) is 27.1 Å². The summed E-state index contributed by atoms with van der Waals surface area (Å²) in [6.07, 6.45) is 10.3. The quantitative estimate of drug-likeness (QED) is 0.917. The lowest BCUT2D eigenvalue weighted by Crippen LogP contribution is -2.07. The van der Waals surface area contributed by atoms with Gasteiger partial charge in [0.05, 0.1) is 30.6 Å². The van der Waals surface area contributed by atoms with Gasteiger partial charge in [-0.15, -0.1) is 0 Å². The number of aliphatic hydroxyl groups excluding tert-OH is 1. The highest BCUT2D eigenvalue weighted by atomic mass is 16.3. The Morgan fingerprint density at radius 2 is 2.21 bits per heavy atom. The van der Waals surface area contributed by atoms with E-state index in [1.807, 2.05) is 10.9 Å². The summed E-state index contributed by atoms with van der Waals surface area (Å²) in [5, 5.41) is 18.4. The highest BCUT2D eigenvalue weighted by molar-refractivity contribution is 5.08. The second-order valence-electron chi connectivity index (χ2n) is 5.37. The standard InChI is InChI=1S/C14H20N4O/c1-11(19)12-8-15-17(9-12)10-13-6-7-18(16-13)14-4-2-3-5-14/h6-9,11,14,19H,2-5,10H2,1H3. The summed E-state index contributed by atoms with van der Waals surface area (Å²) in [6, 6.07) is 2.64. The minimum absolute atomic E-state index is 0.468. The van der Waals surface area contributed by atoms with Crippen molar-refractivity contribution in [3.63, 3.8) is 0 Å². The van der Waals surface area contributed by atoms with Crippen LogP contribution in [0.25, 0.3) is 0 Å². The van der Waals surface area contributed by atoms with E-state index in [-0.39, 0.29) is 0 Å². The molecule has 102 valence electrons. The van der Waals surface area contributed by atoms with Crippen molar-refractivity contribution < 1.29 is 5.11 Å². The first-order valence-electron chi connectivity index (χ1n) is 6.97. The number of aliphatic hydroxyl groups is 1. The second kappa shape index (κ2) is 5.17. The molecule has 1 N–H and O–H groups in total. The van der Waals surface area contributed by atoms with Gasteiger partial charge in [0.2, 0.25) is 0 Å². The molecule has 0 radical (unpaired) electrons. The highest BCUT2D eigenvalue weighted by Gasteiger charge is 2.17. The van der Waals surface area contributed by atoms with E-state index in [9.17, 15) is 5.11 Å². The van der Waals surface area contributed by atoms with Gasteiger partial charge in [-0.1, -0.05) is 12.8 Å². The zero-order valence-corrected chi connectivity index (χ0v) is 11.2. The van der Waals surface area contributed by atoms with Gasteiger partial charge in [-0.3, -0.25) is 9.36 Å². The lowest BCUT2D eigenvalue weighted by atomic mass is 10.2. The topological polar surface area (TPSA) is 55.9 Å². The predicted molar refractivity (Wildman–Crippen MR) is 71.7 cm³/mol. The van der Waals surface area contributed by atoms with Crippen LogP contribution in [0.3, 0.4) is 0 Å². The predicted octanol–water partition coefficient (Wildman–Crippen LogP) is 2.30. The summed E-state index contributed by atoms with van der Waals surface area (Å²) in [7, 11) is 0. The lowest BCUT2D eigenvalue weighted by molar-refractivity contribution is 0.199. The van der Waals surface area contributed by atoms with Gasteiger partial charge in [0.15, 0.2) is 0 Å². The molecule has 2 heterocycles. The third kappa shape index (κ3) is 2.71. The Hall–Kier alpha value is -1.62. The van der Waals surface area contributed by atoms with Crippen molar-refractivity contribution in [1.82, 2.24) is 19.6 Å². The van der Waals surface area contributed by atoms with Gasteiger partial charge in [0.25, 0.3) is 0 Å². The zero-order chi connectivity index (χ0) is 13.2. The number of rotatable bonds is 4. The third-order valence-corrected chi connectivity index (χ3v) is 3.82. The van der Waals surface area contributed by atoms with Crippen molar-refractivity contribution in [2.24, 2.45) is 0 Å². The van der Waals surface area contributed by atoms with E-state index < -0.39 is 6.10 Å². The smallest absolute Gasteiger partial charge is 0.0849 e. The van der Waals surface area contributed by atoms with Crippen LogP contribution in [-0.4, -0.2) is 24.7 Å². The molecule has 3 rings (SSSR count). The van der Waals surface area contributed by atoms with E-state index in [0.717, 1.165) is 11.3 Å². The second-order valence-corrected chi connectivity index (χ2v) is 5.37. The molecule has 5 heteroatoms. The molecule has 2 aromatic rings.